The van der Waals surface area contributed by atoms with Crippen molar-refractivity contribution in [1.29, 1.82) is 0 Å². The van der Waals surface area contributed by atoms with Crippen molar-refractivity contribution in [3.8, 4) is 0 Å². The van der Waals surface area contributed by atoms with Gasteiger partial charge in [0.15, 0.2) is 0 Å². The molecule has 5 nitrogen and oxygen atoms in total. The number of hydrogen-bond acceptors (Lipinski definition) is 3. The molecule has 0 spiro atoms. The first-order valence-corrected chi connectivity index (χ1v) is 6.90. The molecule has 1 aromatic rings. The van der Waals surface area contributed by atoms with Crippen molar-refractivity contribution < 1.29 is 14.7 Å². The standard InChI is InChI=1S/C13H17BrN2O3/c1-9(2-3-12(17)18)4-6-16-13(19)10-5-7-15-11(14)8-10/h5,7-9H,2-4,6H2,1H3,(H,16,19)(H,17,18). The van der Waals surface area contributed by atoms with Crippen molar-refractivity contribution in [2.75, 3.05) is 6.54 Å². The molecule has 0 saturated heterocycles. The van der Waals surface area contributed by atoms with Gasteiger partial charge < -0.3 is 10.4 Å². The summed E-state index contributed by atoms with van der Waals surface area (Å²) in [5.41, 5.74) is 0.556. The van der Waals surface area contributed by atoms with Crippen molar-refractivity contribution in [2.45, 2.75) is 26.2 Å². The van der Waals surface area contributed by atoms with E-state index in [1.807, 2.05) is 6.92 Å². The maximum absolute atomic E-state index is 11.8. The molecule has 1 aromatic heterocycles. The van der Waals surface area contributed by atoms with Gasteiger partial charge in [0.05, 0.1) is 0 Å². The van der Waals surface area contributed by atoms with Gasteiger partial charge in [-0.2, -0.15) is 0 Å². The van der Waals surface area contributed by atoms with Gasteiger partial charge >= 0.3 is 5.97 Å². The zero-order valence-electron chi connectivity index (χ0n) is 10.7. The molecule has 1 rings (SSSR count). The van der Waals surface area contributed by atoms with Crippen LogP contribution in [0.2, 0.25) is 0 Å². The fourth-order valence-electron chi connectivity index (χ4n) is 1.59. The summed E-state index contributed by atoms with van der Waals surface area (Å²) in [6.07, 6.45) is 3.14. The van der Waals surface area contributed by atoms with Crippen LogP contribution in [0.3, 0.4) is 0 Å². The summed E-state index contributed by atoms with van der Waals surface area (Å²) in [6, 6.07) is 3.30. The lowest BCUT2D eigenvalue weighted by Gasteiger charge is -2.10. The molecule has 0 aliphatic heterocycles. The van der Waals surface area contributed by atoms with Gasteiger partial charge in [-0.25, -0.2) is 4.98 Å². The predicted octanol–water partition coefficient (Wildman–Crippen LogP) is 2.46. The van der Waals surface area contributed by atoms with E-state index >= 15 is 0 Å². The topological polar surface area (TPSA) is 79.3 Å². The van der Waals surface area contributed by atoms with Crippen LogP contribution in [-0.4, -0.2) is 28.5 Å². The van der Waals surface area contributed by atoms with Crippen LogP contribution < -0.4 is 5.32 Å². The molecule has 0 bridgehead atoms. The molecule has 19 heavy (non-hydrogen) atoms. The summed E-state index contributed by atoms with van der Waals surface area (Å²) in [4.78, 5) is 26.2. The molecule has 1 heterocycles. The van der Waals surface area contributed by atoms with Gasteiger partial charge in [0.2, 0.25) is 0 Å². The van der Waals surface area contributed by atoms with E-state index < -0.39 is 5.97 Å². The first-order valence-electron chi connectivity index (χ1n) is 6.10. The number of halogens is 1. The molecule has 0 radical (unpaired) electrons. The van der Waals surface area contributed by atoms with Gasteiger partial charge in [-0.15, -0.1) is 0 Å². The molecule has 6 heteroatoms. The Bertz CT molecular complexity index is 451. The largest absolute Gasteiger partial charge is 0.481 e. The Balaban J connectivity index is 2.29. The highest BCUT2D eigenvalue weighted by atomic mass is 79.9. The molecule has 0 saturated carbocycles. The number of nitrogens with one attached hydrogen (secondary N) is 1. The van der Waals surface area contributed by atoms with Gasteiger partial charge in [-0.05, 0) is 46.8 Å². The van der Waals surface area contributed by atoms with Crippen molar-refractivity contribution >= 4 is 27.8 Å². The third-order valence-electron chi connectivity index (χ3n) is 2.76. The first kappa shape index (κ1) is 15.6. The lowest BCUT2D eigenvalue weighted by Crippen LogP contribution is -2.25. The van der Waals surface area contributed by atoms with Gasteiger partial charge in [0.25, 0.3) is 5.91 Å². The third kappa shape index (κ3) is 6.33. The summed E-state index contributed by atoms with van der Waals surface area (Å²) in [6.45, 7) is 2.53. The molecule has 2 N–H and O–H groups in total. The number of aliphatic carboxylic acids is 1. The number of carboxylic acids is 1. The van der Waals surface area contributed by atoms with E-state index in [9.17, 15) is 9.59 Å². The van der Waals surface area contributed by atoms with Crippen LogP contribution in [0, 0.1) is 5.92 Å². The summed E-state index contributed by atoms with van der Waals surface area (Å²) in [5.74, 6) is -0.647. The molecule has 0 aliphatic carbocycles. The average Bonchev–Trinajstić information content (AvgIpc) is 2.36. The zero-order valence-corrected chi connectivity index (χ0v) is 12.3. The van der Waals surface area contributed by atoms with Crippen molar-refractivity contribution in [3.05, 3.63) is 28.5 Å². The maximum Gasteiger partial charge on any atom is 0.303 e. The van der Waals surface area contributed by atoms with Crippen molar-refractivity contribution in [2.24, 2.45) is 5.92 Å². The Kier molecular flexibility index (Phi) is 6.49. The van der Waals surface area contributed by atoms with Gasteiger partial charge in [0, 0.05) is 24.7 Å². The Morgan fingerprint density at radius 2 is 2.21 bits per heavy atom. The molecule has 1 amide bonds. The van der Waals surface area contributed by atoms with E-state index in [0.717, 1.165) is 6.42 Å². The third-order valence-corrected chi connectivity index (χ3v) is 3.20. The van der Waals surface area contributed by atoms with Gasteiger partial charge in [0.1, 0.15) is 4.60 Å². The molecule has 1 atom stereocenters. The van der Waals surface area contributed by atoms with Crippen LogP contribution in [0.5, 0.6) is 0 Å². The molecule has 104 valence electrons. The average molecular weight is 329 g/mol. The van der Waals surface area contributed by atoms with E-state index in [-0.39, 0.29) is 18.2 Å². The number of amides is 1. The number of pyridine rings is 1. The fraction of sp³-hybridized carbons (Fsp3) is 0.462. The normalized spacial score (nSPS) is 11.9. The minimum atomic E-state index is -0.780. The Morgan fingerprint density at radius 3 is 2.84 bits per heavy atom. The van der Waals surface area contributed by atoms with Crippen LogP contribution in [-0.2, 0) is 4.79 Å². The Morgan fingerprint density at radius 1 is 1.47 bits per heavy atom. The number of carboxylic acid groups (broad SMARTS) is 1. The SMILES string of the molecule is CC(CCNC(=O)c1ccnc(Br)c1)CCC(=O)O. The number of rotatable bonds is 7. The van der Waals surface area contributed by atoms with E-state index in [1.54, 1.807) is 18.3 Å². The van der Waals surface area contributed by atoms with Crippen LogP contribution in [0.4, 0.5) is 0 Å². The minimum absolute atomic E-state index is 0.145. The lowest BCUT2D eigenvalue weighted by atomic mass is 10.0. The number of carbonyl (C=O) groups is 2. The molecule has 0 aromatic carbocycles. The second-order valence-electron chi connectivity index (χ2n) is 4.45. The first-order chi connectivity index (χ1) is 8.99. The van der Waals surface area contributed by atoms with Crippen molar-refractivity contribution in [1.82, 2.24) is 10.3 Å². The molecule has 0 aliphatic rings. The second kappa shape index (κ2) is 7.89. The molecular weight excluding hydrogens is 312 g/mol. The second-order valence-corrected chi connectivity index (χ2v) is 5.26. The lowest BCUT2D eigenvalue weighted by molar-refractivity contribution is -0.137. The summed E-state index contributed by atoms with van der Waals surface area (Å²) < 4.78 is 0.620. The quantitative estimate of drug-likeness (QED) is 0.753. The van der Waals surface area contributed by atoms with Gasteiger partial charge in [-0.1, -0.05) is 6.92 Å². The van der Waals surface area contributed by atoms with Crippen LogP contribution in [0.25, 0.3) is 0 Å². The van der Waals surface area contributed by atoms with Crippen LogP contribution in [0.1, 0.15) is 36.5 Å². The number of aromatic nitrogens is 1. The van der Waals surface area contributed by atoms with E-state index in [4.69, 9.17) is 5.11 Å². The molecular formula is C13H17BrN2O3. The predicted molar refractivity (Wildman–Crippen MR) is 74.9 cm³/mol. The van der Waals surface area contributed by atoms with Crippen LogP contribution in [0.15, 0.2) is 22.9 Å². The molecule has 1 unspecified atom stereocenters. The highest BCUT2D eigenvalue weighted by molar-refractivity contribution is 9.10. The minimum Gasteiger partial charge on any atom is -0.481 e. The van der Waals surface area contributed by atoms with Crippen molar-refractivity contribution in [3.63, 3.8) is 0 Å². The fourth-order valence-corrected chi connectivity index (χ4v) is 1.96. The molecule has 0 fully saturated rings. The zero-order chi connectivity index (χ0) is 14.3. The van der Waals surface area contributed by atoms with Gasteiger partial charge in [-0.3, -0.25) is 9.59 Å². The number of hydrogen-bond donors (Lipinski definition) is 2. The number of carbonyl (C=O) groups excluding carboxylic acids is 1. The summed E-state index contributed by atoms with van der Waals surface area (Å²) >= 11 is 3.21. The summed E-state index contributed by atoms with van der Waals surface area (Å²) in [7, 11) is 0. The smallest absolute Gasteiger partial charge is 0.303 e. The monoisotopic (exact) mass is 328 g/mol. The Hall–Kier alpha value is -1.43. The van der Waals surface area contributed by atoms with E-state index in [0.29, 0.717) is 23.1 Å². The van der Waals surface area contributed by atoms with E-state index in [1.165, 1.54) is 0 Å². The van der Waals surface area contributed by atoms with E-state index in [2.05, 4.69) is 26.2 Å². The maximum atomic E-state index is 11.8. The highest BCUT2D eigenvalue weighted by Crippen LogP contribution is 2.10. The number of nitrogens with zero attached hydrogens (tertiary/aromatic N) is 1. The van der Waals surface area contributed by atoms with Crippen LogP contribution >= 0.6 is 15.9 Å². The highest BCUT2D eigenvalue weighted by Gasteiger charge is 2.08. The Labute approximate surface area is 120 Å². The summed E-state index contributed by atoms with van der Waals surface area (Å²) in [5, 5.41) is 11.4.